The molecule has 0 heterocycles. The smallest absolute Gasteiger partial charge is 0.269 e. The van der Waals surface area contributed by atoms with Crippen LogP contribution in [-0.4, -0.2) is 18.5 Å². The van der Waals surface area contributed by atoms with Crippen molar-refractivity contribution in [1.82, 2.24) is 5.32 Å². The molecule has 1 aromatic carbocycles. The standard InChI is InChI=1S/C11H16N2O2/c1-11(2,8-12-3)9-4-6-10(7-5-9)13(14)15/h4-7,12H,8H2,1-3H3. The van der Waals surface area contributed by atoms with Crippen LogP contribution < -0.4 is 5.32 Å². The van der Waals surface area contributed by atoms with Crippen molar-refractivity contribution < 1.29 is 4.92 Å². The van der Waals surface area contributed by atoms with E-state index >= 15 is 0 Å². The van der Waals surface area contributed by atoms with E-state index in [1.807, 2.05) is 19.2 Å². The van der Waals surface area contributed by atoms with Crippen LogP contribution in [0.5, 0.6) is 0 Å². The van der Waals surface area contributed by atoms with Gasteiger partial charge in [0.15, 0.2) is 0 Å². The van der Waals surface area contributed by atoms with Crippen LogP contribution >= 0.6 is 0 Å². The van der Waals surface area contributed by atoms with Crippen molar-refractivity contribution >= 4 is 5.69 Å². The van der Waals surface area contributed by atoms with Crippen molar-refractivity contribution in [1.29, 1.82) is 0 Å². The maximum absolute atomic E-state index is 10.5. The van der Waals surface area contributed by atoms with Gasteiger partial charge < -0.3 is 5.32 Å². The second kappa shape index (κ2) is 4.40. The molecule has 0 saturated heterocycles. The van der Waals surface area contributed by atoms with Gasteiger partial charge in [0.05, 0.1) is 4.92 Å². The van der Waals surface area contributed by atoms with Gasteiger partial charge in [0.25, 0.3) is 5.69 Å². The molecule has 0 saturated carbocycles. The lowest BCUT2D eigenvalue weighted by Crippen LogP contribution is -2.30. The summed E-state index contributed by atoms with van der Waals surface area (Å²) in [6.07, 6.45) is 0. The highest BCUT2D eigenvalue weighted by Gasteiger charge is 2.20. The minimum Gasteiger partial charge on any atom is -0.319 e. The Bertz CT molecular complexity index is 344. The topological polar surface area (TPSA) is 55.2 Å². The summed E-state index contributed by atoms with van der Waals surface area (Å²) in [4.78, 5) is 10.1. The van der Waals surface area contributed by atoms with Crippen molar-refractivity contribution in [3.05, 3.63) is 39.9 Å². The molecule has 1 aromatic rings. The average molecular weight is 208 g/mol. The number of nitro benzene ring substituents is 1. The molecule has 1 N–H and O–H groups in total. The molecule has 15 heavy (non-hydrogen) atoms. The maximum Gasteiger partial charge on any atom is 0.269 e. The first-order valence-electron chi connectivity index (χ1n) is 4.87. The molecule has 0 aliphatic rings. The van der Waals surface area contributed by atoms with Gasteiger partial charge in [-0.05, 0) is 12.6 Å². The first-order valence-corrected chi connectivity index (χ1v) is 4.87. The summed E-state index contributed by atoms with van der Waals surface area (Å²) in [6, 6.07) is 6.73. The molecule has 0 aliphatic carbocycles. The minimum absolute atomic E-state index is 0.0100. The number of non-ortho nitro benzene ring substituents is 1. The predicted molar refractivity (Wildman–Crippen MR) is 60.0 cm³/mol. The number of nitrogens with one attached hydrogen (secondary N) is 1. The Balaban J connectivity index is 2.93. The summed E-state index contributed by atoms with van der Waals surface area (Å²) in [5.74, 6) is 0. The molecule has 0 unspecified atom stereocenters. The highest BCUT2D eigenvalue weighted by molar-refractivity contribution is 5.36. The van der Waals surface area contributed by atoms with Crippen molar-refractivity contribution in [2.45, 2.75) is 19.3 Å². The van der Waals surface area contributed by atoms with Gasteiger partial charge in [-0.15, -0.1) is 0 Å². The fourth-order valence-corrected chi connectivity index (χ4v) is 1.58. The molecule has 0 bridgehead atoms. The van der Waals surface area contributed by atoms with E-state index in [2.05, 4.69) is 19.2 Å². The van der Waals surface area contributed by atoms with Crippen molar-refractivity contribution in [3.8, 4) is 0 Å². The van der Waals surface area contributed by atoms with E-state index in [-0.39, 0.29) is 16.0 Å². The first kappa shape index (κ1) is 11.7. The molecule has 1 rings (SSSR count). The summed E-state index contributed by atoms with van der Waals surface area (Å²) in [5, 5.41) is 13.6. The lowest BCUT2D eigenvalue weighted by Gasteiger charge is -2.24. The Hall–Kier alpha value is -1.42. The Kier molecular flexibility index (Phi) is 3.42. The summed E-state index contributed by atoms with van der Waals surface area (Å²) in [5.41, 5.74) is 1.23. The molecule has 0 radical (unpaired) electrons. The number of benzene rings is 1. The molecular formula is C11H16N2O2. The van der Waals surface area contributed by atoms with Crippen LogP contribution in [0.2, 0.25) is 0 Å². The van der Waals surface area contributed by atoms with Crippen LogP contribution in [0.25, 0.3) is 0 Å². The molecule has 0 aromatic heterocycles. The molecule has 0 amide bonds. The maximum atomic E-state index is 10.5. The van der Waals surface area contributed by atoms with Gasteiger partial charge in [0.1, 0.15) is 0 Å². The molecule has 4 heteroatoms. The zero-order valence-corrected chi connectivity index (χ0v) is 9.28. The normalized spacial score (nSPS) is 11.4. The minimum atomic E-state index is -0.380. The fourth-order valence-electron chi connectivity index (χ4n) is 1.58. The van der Waals surface area contributed by atoms with E-state index in [0.717, 1.165) is 12.1 Å². The Morgan fingerprint density at radius 1 is 1.33 bits per heavy atom. The Morgan fingerprint density at radius 2 is 1.87 bits per heavy atom. The highest BCUT2D eigenvalue weighted by atomic mass is 16.6. The van der Waals surface area contributed by atoms with E-state index in [1.165, 1.54) is 0 Å². The monoisotopic (exact) mass is 208 g/mol. The lowest BCUT2D eigenvalue weighted by atomic mass is 9.84. The summed E-state index contributed by atoms with van der Waals surface area (Å²) < 4.78 is 0. The van der Waals surface area contributed by atoms with Crippen LogP contribution in [-0.2, 0) is 5.41 Å². The van der Waals surface area contributed by atoms with Gasteiger partial charge in [-0.1, -0.05) is 26.0 Å². The van der Waals surface area contributed by atoms with Crippen LogP contribution in [0.15, 0.2) is 24.3 Å². The van der Waals surface area contributed by atoms with Gasteiger partial charge in [0.2, 0.25) is 0 Å². The number of rotatable bonds is 4. The molecular weight excluding hydrogens is 192 g/mol. The van der Waals surface area contributed by atoms with Gasteiger partial charge in [0, 0.05) is 24.1 Å². The van der Waals surface area contributed by atoms with Gasteiger partial charge in [-0.25, -0.2) is 0 Å². The summed E-state index contributed by atoms with van der Waals surface area (Å²) in [7, 11) is 1.90. The van der Waals surface area contributed by atoms with Gasteiger partial charge in [-0.2, -0.15) is 0 Å². The first-order chi connectivity index (χ1) is 6.97. The summed E-state index contributed by atoms with van der Waals surface area (Å²) >= 11 is 0. The second-order valence-electron chi connectivity index (χ2n) is 4.22. The fraction of sp³-hybridized carbons (Fsp3) is 0.455. The molecule has 82 valence electrons. The summed E-state index contributed by atoms with van der Waals surface area (Å²) in [6.45, 7) is 5.04. The molecule has 4 nitrogen and oxygen atoms in total. The predicted octanol–water partition coefficient (Wildman–Crippen LogP) is 2.09. The largest absolute Gasteiger partial charge is 0.319 e. The Labute approximate surface area is 89.5 Å². The second-order valence-corrected chi connectivity index (χ2v) is 4.22. The third kappa shape index (κ3) is 2.76. The van der Waals surface area contributed by atoms with Crippen LogP contribution in [0.1, 0.15) is 19.4 Å². The zero-order chi connectivity index (χ0) is 11.5. The van der Waals surface area contributed by atoms with Gasteiger partial charge >= 0.3 is 0 Å². The van der Waals surface area contributed by atoms with Crippen molar-refractivity contribution in [2.24, 2.45) is 0 Å². The SMILES string of the molecule is CNCC(C)(C)c1ccc([N+](=O)[O-])cc1. The van der Waals surface area contributed by atoms with E-state index in [9.17, 15) is 10.1 Å². The highest BCUT2D eigenvalue weighted by Crippen LogP contribution is 2.24. The Morgan fingerprint density at radius 3 is 2.27 bits per heavy atom. The number of hydrogen-bond acceptors (Lipinski definition) is 3. The quantitative estimate of drug-likeness (QED) is 0.609. The van der Waals surface area contributed by atoms with Crippen LogP contribution in [0.4, 0.5) is 5.69 Å². The van der Waals surface area contributed by atoms with Crippen LogP contribution in [0.3, 0.4) is 0 Å². The van der Waals surface area contributed by atoms with Gasteiger partial charge in [-0.3, -0.25) is 10.1 Å². The zero-order valence-electron chi connectivity index (χ0n) is 9.28. The number of nitro groups is 1. The van der Waals surface area contributed by atoms with E-state index < -0.39 is 0 Å². The third-order valence-electron chi connectivity index (χ3n) is 2.48. The number of likely N-dealkylation sites (N-methyl/N-ethyl adjacent to an activating group) is 1. The van der Waals surface area contributed by atoms with E-state index in [1.54, 1.807) is 12.1 Å². The average Bonchev–Trinajstić information content (AvgIpc) is 2.18. The number of nitrogens with zero attached hydrogens (tertiary/aromatic N) is 1. The van der Waals surface area contributed by atoms with Crippen molar-refractivity contribution in [2.75, 3.05) is 13.6 Å². The van der Waals surface area contributed by atoms with Crippen LogP contribution in [0, 0.1) is 10.1 Å². The third-order valence-corrected chi connectivity index (χ3v) is 2.48. The number of hydrogen-bond donors (Lipinski definition) is 1. The molecule has 0 aliphatic heterocycles. The van der Waals surface area contributed by atoms with E-state index in [0.29, 0.717) is 0 Å². The lowest BCUT2D eigenvalue weighted by molar-refractivity contribution is -0.384. The van der Waals surface area contributed by atoms with Crippen molar-refractivity contribution in [3.63, 3.8) is 0 Å². The molecule has 0 spiro atoms. The molecule has 0 fully saturated rings. The van der Waals surface area contributed by atoms with E-state index in [4.69, 9.17) is 0 Å². The molecule has 0 atom stereocenters.